The number of nitrogens with one attached hydrogen (secondary N) is 1. The molecule has 0 fully saturated rings. The van der Waals surface area contributed by atoms with Gasteiger partial charge in [0.25, 0.3) is 0 Å². The van der Waals surface area contributed by atoms with E-state index >= 15 is 0 Å². The molecule has 2 aromatic heterocycles. The molecule has 1 N–H and O–H groups in total. The van der Waals surface area contributed by atoms with Crippen molar-refractivity contribution < 1.29 is 4.79 Å². The quantitative estimate of drug-likeness (QED) is 0.540. The molecule has 0 atom stereocenters. The topological polar surface area (TPSA) is 72.7 Å². The van der Waals surface area contributed by atoms with E-state index in [1.165, 1.54) is 18.1 Å². The summed E-state index contributed by atoms with van der Waals surface area (Å²) in [4.78, 5) is 20.3. The molecule has 122 valence electrons. The maximum atomic E-state index is 12.0. The number of halogens is 2. The Labute approximate surface area is 152 Å². The van der Waals surface area contributed by atoms with Crippen LogP contribution in [0.3, 0.4) is 0 Å². The van der Waals surface area contributed by atoms with Gasteiger partial charge in [0.2, 0.25) is 5.91 Å². The summed E-state index contributed by atoms with van der Waals surface area (Å²) in [5.41, 5.74) is 0.593. The highest BCUT2D eigenvalue weighted by Crippen LogP contribution is 2.25. The minimum atomic E-state index is -0.169. The van der Waals surface area contributed by atoms with Gasteiger partial charge >= 0.3 is 0 Å². The van der Waals surface area contributed by atoms with Crippen molar-refractivity contribution in [1.29, 1.82) is 0 Å². The normalized spacial score (nSPS) is 10.6. The molecule has 0 saturated carbocycles. The van der Waals surface area contributed by atoms with E-state index in [9.17, 15) is 4.79 Å². The number of carbonyl (C=O) groups is 1. The van der Waals surface area contributed by atoms with Gasteiger partial charge < -0.3 is 5.32 Å². The molecular weight excluding hydrogens is 369 g/mol. The largest absolute Gasteiger partial charge is 0.325 e. The van der Waals surface area contributed by atoms with Crippen molar-refractivity contribution in [3.05, 3.63) is 59.1 Å². The Bertz CT molecular complexity index is 857. The molecule has 1 aromatic carbocycles. The number of anilines is 1. The van der Waals surface area contributed by atoms with Crippen LogP contribution in [0.4, 0.5) is 5.69 Å². The molecule has 0 aliphatic heterocycles. The molecule has 0 bridgehead atoms. The van der Waals surface area contributed by atoms with Gasteiger partial charge in [-0.3, -0.25) is 4.79 Å². The van der Waals surface area contributed by atoms with Crippen LogP contribution in [0.15, 0.2) is 54.1 Å². The van der Waals surface area contributed by atoms with E-state index < -0.39 is 0 Å². The van der Waals surface area contributed by atoms with Gasteiger partial charge in [-0.25, -0.2) is 14.6 Å². The summed E-state index contributed by atoms with van der Waals surface area (Å²) >= 11 is 13.1. The van der Waals surface area contributed by atoms with E-state index in [1.54, 1.807) is 47.4 Å². The Balaban J connectivity index is 1.60. The Kier molecular flexibility index (Phi) is 5.34. The van der Waals surface area contributed by atoms with Crippen molar-refractivity contribution >= 4 is 46.6 Å². The molecule has 9 heteroatoms. The third-order valence-corrected chi connectivity index (χ3v) is 4.59. The second-order valence-electron chi connectivity index (χ2n) is 4.63. The predicted molar refractivity (Wildman–Crippen MR) is 95.0 cm³/mol. The number of amides is 1. The fourth-order valence-corrected chi connectivity index (χ4v) is 2.81. The second kappa shape index (κ2) is 7.65. The van der Waals surface area contributed by atoms with E-state index in [4.69, 9.17) is 23.2 Å². The summed E-state index contributed by atoms with van der Waals surface area (Å²) in [6.07, 6.45) is 4.89. The Morgan fingerprint density at radius 2 is 2.08 bits per heavy atom. The first-order valence-electron chi connectivity index (χ1n) is 6.81. The third kappa shape index (κ3) is 4.25. The van der Waals surface area contributed by atoms with Crippen molar-refractivity contribution in [1.82, 2.24) is 19.7 Å². The minimum Gasteiger partial charge on any atom is -0.325 e. The van der Waals surface area contributed by atoms with Crippen LogP contribution in [0.2, 0.25) is 10.0 Å². The zero-order chi connectivity index (χ0) is 16.9. The van der Waals surface area contributed by atoms with Gasteiger partial charge in [-0.1, -0.05) is 35.0 Å². The molecule has 24 heavy (non-hydrogen) atoms. The van der Waals surface area contributed by atoms with Crippen molar-refractivity contribution in [3.8, 4) is 5.82 Å². The average Bonchev–Trinajstić information content (AvgIpc) is 3.11. The molecule has 1 amide bonds. The molecule has 0 unspecified atom stereocenters. The lowest BCUT2D eigenvalue weighted by atomic mass is 10.3. The van der Waals surface area contributed by atoms with Crippen LogP contribution in [0.25, 0.3) is 5.82 Å². The number of aromatic nitrogens is 4. The monoisotopic (exact) mass is 379 g/mol. The van der Waals surface area contributed by atoms with Crippen LogP contribution < -0.4 is 5.32 Å². The molecule has 0 aliphatic carbocycles. The van der Waals surface area contributed by atoms with Crippen LogP contribution in [0.5, 0.6) is 0 Å². The van der Waals surface area contributed by atoms with Gasteiger partial charge in [0.05, 0.1) is 15.8 Å². The smallest absolute Gasteiger partial charge is 0.234 e. The number of hydrogen-bond acceptors (Lipinski definition) is 5. The lowest BCUT2D eigenvalue weighted by Crippen LogP contribution is -2.14. The second-order valence-corrected chi connectivity index (χ2v) is 6.44. The van der Waals surface area contributed by atoms with Crippen molar-refractivity contribution in [2.75, 3.05) is 11.1 Å². The zero-order valence-electron chi connectivity index (χ0n) is 12.2. The number of thioether (sulfide) groups is 1. The van der Waals surface area contributed by atoms with Crippen LogP contribution in [-0.2, 0) is 4.79 Å². The molecule has 3 aromatic rings. The van der Waals surface area contributed by atoms with Crippen LogP contribution in [0.1, 0.15) is 0 Å². The van der Waals surface area contributed by atoms with Crippen LogP contribution in [0, 0.1) is 0 Å². The van der Waals surface area contributed by atoms with Gasteiger partial charge in [0, 0.05) is 24.1 Å². The first-order chi connectivity index (χ1) is 11.6. The van der Waals surface area contributed by atoms with Crippen molar-refractivity contribution in [2.24, 2.45) is 0 Å². The Morgan fingerprint density at radius 3 is 2.83 bits per heavy atom. The minimum absolute atomic E-state index is 0.169. The summed E-state index contributed by atoms with van der Waals surface area (Å²) in [5.74, 6) is 0.676. The van der Waals surface area contributed by atoms with Gasteiger partial charge in [-0.2, -0.15) is 5.10 Å². The summed E-state index contributed by atoms with van der Waals surface area (Å²) in [6.45, 7) is 0. The van der Waals surface area contributed by atoms with Crippen molar-refractivity contribution in [2.45, 2.75) is 5.03 Å². The first kappa shape index (κ1) is 16.8. The van der Waals surface area contributed by atoms with E-state index in [2.05, 4.69) is 20.4 Å². The number of benzene rings is 1. The summed E-state index contributed by atoms with van der Waals surface area (Å²) < 4.78 is 1.63. The Hall–Kier alpha value is -2.09. The van der Waals surface area contributed by atoms with Gasteiger partial charge in [0.1, 0.15) is 11.4 Å². The maximum Gasteiger partial charge on any atom is 0.234 e. The SMILES string of the molecule is O=C(CSc1cc(-n2cccn2)ncn1)Nc1ccc(Cl)c(Cl)c1. The highest BCUT2D eigenvalue weighted by Gasteiger charge is 2.08. The number of nitrogens with zero attached hydrogens (tertiary/aromatic N) is 4. The summed E-state index contributed by atoms with van der Waals surface area (Å²) in [5, 5.41) is 8.38. The highest BCUT2D eigenvalue weighted by molar-refractivity contribution is 7.99. The highest BCUT2D eigenvalue weighted by atomic mass is 35.5. The zero-order valence-corrected chi connectivity index (χ0v) is 14.5. The van der Waals surface area contributed by atoms with Gasteiger partial charge in [-0.15, -0.1) is 0 Å². The predicted octanol–water partition coefficient (Wildman–Crippen LogP) is 3.70. The molecule has 6 nitrogen and oxygen atoms in total. The van der Waals surface area contributed by atoms with Crippen molar-refractivity contribution in [3.63, 3.8) is 0 Å². The molecule has 0 aliphatic rings. The maximum absolute atomic E-state index is 12.0. The van der Waals surface area contributed by atoms with E-state index in [1.807, 2.05) is 0 Å². The molecular formula is C15H11Cl2N5OS. The lowest BCUT2D eigenvalue weighted by Gasteiger charge is -2.06. The van der Waals surface area contributed by atoms with E-state index in [0.717, 1.165) is 0 Å². The van der Waals surface area contributed by atoms with Gasteiger partial charge in [-0.05, 0) is 24.3 Å². The van der Waals surface area contributed by atoms with Crippen LogP contribution >= 0.6 is 35.0 Å². The molecule has 0 radical (unpaired) electrons. The lowest BCUT2D eigenvalue weighted by molar-refractivity contribution is -0.113. The molecule has 2 heterocycles. The summed E-state index contributed by atoms with van der Waals surface area (Å²) in [6, 6.07) is 8.50. The Morgan fingerprint density at radius 1 is 1.21 bits per heavy atom. The third-order valence-electron chi connectivity index (χ3n) is 2.92. The fraction of sp³-hybridized carbons (Fsp3) is 0.0667. The van der Waals surface area contributed by atoms with Gasteiger partial charge in [0.15, 0.2) is 5.82 Å². The number of carbonyl (C=O) groups excluding carboxylic acids is 1. The molecule has 0 spiro atoms. The first-order valence-corrected chi connectivity index (χ1v) is 8.56. The summed E-state index contributed by atoms with van der Waals surface area (Å²) in [7, 11) is 0. The van der Waals surface area contributed by atoms with E-state index in [0.29, 0.717) is 26.6 Å². The average molecular weight is 380 g/mol. The number of rotatable bonds is 5. The standard InChI is InChI=1S/C15H11Cl2N5OS/c16-11-3-2-10(6-12(11)17)21-14(23)8-24-15-7-13(18-9-19-15)22-5-1-4-20-22/h1-7,9H,8H2,(H,21,23). The fourth-order valence-electron chi connectivity index (χ4n) is 1.85. The van der Waals surface area contributed by atoms with Crippen LogP contribution in [-0.4, -0.2) is 31.4 Å². The molecule has 3 rings (SSSR count). The molecule has 0 saturated heterocycles. The van der Waals surface area contributed by atoms with E-state index in [-0.39, 0.29) is 11.7 Å². The number of hydrogen-bond donors (Lipinski definition) is 1.